The van der Waals surface area contributed by atoms with Crippen molar-refractivity contribution in [2.45, 2.75) is 32.1 Å². The normalized spacial score (nSPS) is 11.4. The third kappa shape index (κ3) is 4.88. The number of ketones is 1. The molecule has 0 fully saturated rings. The maximum atomic E-state index is 11.9. The molecule has 5 heteroatoms. The van der Waals surface area contributed by atoms with Crippen molar-refractivity contribution >= 4 is 11.7 Å². The minimum absolute atomic E-state index is 0.0679. The first kappa shape index (κ1) is 14.8. The Kier molecular flexibility index (Phi) is 6.23. The number of nitrogens with one attached hydrogen (secondary N) is 1. The molecule has 0 aromatic carbocycles. The van der Waals surface area contributed by atoms with Crippen molar-refractivity contribution in [3.05, 3.63) is 30.1 Å². The van der Waals surface area contributed by atoms with E-state index in [4.69, 9.17) is 5.26 Å². The maximum Gasteiger partial charge on any atom is 0.219 e. The van der Waals surface area contributed by atoms with Gasteiger partial charge in [0, 0.05) is 25.6 Å². The Labute approximate surface area is 112 Å². The molecule has 0 unspecified atom stereocenters. The Balaban J connectivity index is 2.48. The van der Waals surface area contributed by atoms with Crippen molar-refractivity contribution in [1.29, 1.82) is 5.26 Å². The van der Waals surface area contributed by atoms with Crippen LogP contribution in [0.15, 0.2) is 24.4 Å². The van der Waals surface area contributed by atoms with Crippen LogP contribution in [0, 0.1) is 11.3 Å². The second-order valence-corrected chi connectivity index (χ2v) is 4.09. The molecule has 1 amide bonds. The van der Waals surface area contributed by atoms with Gasteiger partial charge in [-0.2, -0.15) is 5.26 Å². The zero-order valence-electron chi connectivity index (χ0n) is 10.9. The van der Waals surface area contributed by atoms with Gasteiger partial charge in [-0.05, 0) is 25.5 Å². The number of nitrogens with zero attached hydrogens (tertiary/aromatic N) is 2. The Hall–Kier alpha value is -2.22. The first-order chi connectivity index (χ1) is 9.19. The number of aromatic nitrogens is 1. The van der Waals surface area contributed by atoms with Crippen LogP contribution in [0.5, 0.6) is 0 Å². The summed E-state index contributed by atoms with van der Waals surface area (Å²) in [7, 11) is 0. The van der Waals surface area contributed by atoms with Crippen molar-refractivity contribution in [3.8, 4) is 6.07 Å². The number of hydrogen-bond acceptors (Lipinski definition) is 4. The lowest BCUT2D eigenvalue weighted by Crippen LogP contribution is -2.22. The molecule has 1 aromatic rings. The van der Waals surface area contributed by atoms with E-state index >= 15 is 0 Å². The summed E-state index contributed by atoms with van der Waals surface area (Å²) in [5, 5.41) is 11.7. The molecule has 19 heavy (non-hydrogen) atoms. The van der Waals surface area contributed by atoms with E-state index in [1.807, 2.05) is 13.0 Å². The average molecular weight is 259 g/mol. The molecular weight excluding hydrogens is 242 g/mol. The van der Waals surface area contributed by atoms with Gasteiger partial charge in [-0.1, -0.05) is 6.07 Å². The van der Waals surface area contributed by atoms with Gasteiger partial charge < -0.3 is 5.32 Å². The summed E-state index contributed by atoms with van der Waals surface area (Å²) >= 11 is 0. The molecule has 100 valence electrons. The molecule has 1 N–H and O–H groups in total. The van der Waals surface area contributed by atoms with Crippen LogP contribution < -0.4 is 5.32 Å². The molecule has 0 aliphatic carbocycles. The fourth-order valence-corrected chi connectivity index (χ4v) is 1.70. The quantitative estimate of drug-likeness (QED) is 0.805. The van der Waals surface area contributed by atoms with Crippen LogP contribution in [0.1, 0.15) is 37.8 Å². The number of Topliss-reactive ketones (excluding diaryl/α,β-unsaturated/α-hetero) is 1. The van der Waals surface area contributed by atoms with Gasteiger partial charge in [0.2, 0.25) is 5.91 Å². The van der Waals surface area contributed by atoms with Crippen molar-refractivity contribution in [3.63, 3.8) is 0 Å². The highest BCUT2D eigenvalue weighted by atomic mass is 16.1. The van der Waals surface area contributed by atoms with Gasteiger partial charge in [0.15, 0.2) is 5.78 Å². The molecule has 1 rings (SSSR count). The molecular formula is C14H17N3O2. The van der Waals surface area contributed by atoms with Crippen molar-refractivity contribution < 1.29 is 9.59 Å². The van der Waals surface area contributed by atoms with Crippen molar-refractivity contribution in [2.24, 2.45) is 0 Å². The fraction of sp³-hybridized carbons (Fsp3) is 0.429. The second kappa shape index (κ2) is 7.98. The molecule has 1 atom stereocenters. The Morgan fingerprint density at radius 2 is 2.21 bits per heavy atom. The summed E-state index contributed by atoms with van der Waals surface area (Å²) in [6, 6.07) is 7.11. The third-order valence-corrected chi connectivity index (χ3v) is 2.64. The largest absolute Gasteiger partial charge is 0.356 e. The second-order valence-electron chi connectivity index (χ2n) is 4.09. The molecule has 0 aliphatic heterocycles. The summed E-state index contributed by atoms with van der Waals surface area (Å²) in [6.45, 7) is 2.43. The number of nitriles is 1. The number of carbonyl (C=O) groups is 2. The van der Waals surface area contributed by atoms with Gasteiger partial charge in [-0.15, -0.1) is 0 Å². The summed E-state index contributed by atoms with van der Waals surface area (Å²) in [6.07, 6.45) is 2.53. The minimum atomic E-state index is -0.838. The van der Waals surface area contributed by atoms with Crippen LogP contribution in [-0.2, 0) is 9.59 Å². The van der Waals surface area contributed by atoms with E-state index < -0.39 is 5.92 Å². The number of rotatable bonds is 7. The Morgan fingerprint density at radius 1 is 1.42 bits per heavy atom. The van der Waals surface area contributed by atoms with Gasteiger partial charge >= 0.3 is 0 Å². The summed E-state index contributed by atoms with van der Waals surface area (Å²) in [5.41, 5.74) is 0.466. The van der Waals surface area contributed by atoms with E-state index in [9.17, 15) is 9.59 Å². The lowest BCUT2D eigenvalue weighted by atomic mass is 9.97. The predicted octanol–water partition coefficient (Wildman–Crippen LogP) is 1.56. The van der Waals surface area contributed by atoms with Gasteiger partial charge in [-0.3, -0.25) is 14.6 Å². The number of pyridine rings is 1. The van der Waals surface area contributed by atoms with E-state index in [1.165, 1.54) is 0 Å². The van der Waals surface area contributed by atoms with Crippen LogP contribution in [-0.4, -0.2) is 23.2 Å². The fourth-order valence-electron chi connectivity index (χ4n) is 1.70. The van der Waals surface area contributed by atoms with Gasteiger partial charge in [0.05, 0.1) is 11.8 Å². The standard InChI is InChI=1S/C14H17N3O2/c1-2-16-14(19)8-5-7-13(18)11(10-15)12-6-3-4-9-17-12/h3-4,6,9,11H,2,5,7-8H2,1H3,(H,16,19)/t11-/m1/s1. The van der Waals surface area contributed by atoms with E-state index in [-0.39, 0.29) is 18.1 Å². The van der Waals surface area contributed by atoms with Crippen LogP contribution in [0.2, 0.25) is 0 Å². The van der Waals surface area contributed by atoms with E-state index in [0.717, 1.165) is 0 Å². The highest BCUT2D eigenvalue weighted by Gasteiger charge is 2.20. The van der Waals surface area contributed by atoms with Crippen LogP contribution in [0.3, 0.4) is 0 Å². The lowest BCUT2D eigenvalue weighted by molar-refractivity contribution is -0.121. The maximum absolute atomic E-state index is 11.9. The lowest BCUT2D eigenvalue weighted by Gasteiger charge is -2.07. The third-order valence-electron chi connectivity index (χ3n) is 2.64. The molecule has 1 heterocycles. The predicted molar refractivity (Wildman–Crippen MR) is 70.1 cm³/mol. The SMILES string of the molecule is CCNC(=O)CCCC(=O)[C@H](C#N)c1ccccn1. The van der Waals surface area contributed by atoms with Crippen LogP contribution in [0.25, 0.3) is 0 Å². The molecule has 0 aliphatic rings. The topological polar surface area (TPSA) is 82.9 Å². The zero-order chi connectivity index (χ0) is 14.1. The van der Waals surface area contributed by atoms with Gasteiger partial charge in [0.25, 0.3) is 0 Å². The van der Waals surface area contributed by atoms with E-state index in [0.29, 0.717) is 25.1 Å². The summed E-state index contributed by atoms with van der Waals surface area (Å²) in [5.74, 6) is -1.09. The van der Waals surface area contributed by atoms with Crippen LogP contribution in [0.4, 0.5) is 0 Å². The first-order valence-corrected chi connectivity index (χ1v) is 6.29. The van der Waals surface area contributed by atoms with E-state index in [2.05, 4.69) is 10.3 Å². The van der Waals surface area contributed by atoms with Crippen molar-refractivity contribution in [1.82, 2.24) is 10.3 Å². The smallest absolute Gasteiger partial charge is 0.219 e. The molecule has 1 aromatic heterocycles. The summed E-state index contributed by atoms with van der Waals surface area (Å²) in [4.78, 5) is 27.2. The molecule has 0 radical (unpaired) electrons. The molecule has 0 saturated carbocycles. The van der Waals surface area contributed by atoms with Crippen LogP contribution >= 0.6 is 0 Å². The Morgan fingerprint density at radius 3 is 2.79 bits per heavy atom. The minimum Gasteiger partial charge on any atom is -0.356 e. The molecule has 0 bridgehead atoms. The molecule has 0 spiro atoms. The molecule has 0 saturated heterocycles. The highest BCUT2D eigenvalue weighted by Crippen LogP contribution is 2.16. The number of carbonyl (C=O) groups excluding carboxylic acids is 2. The molecule has 5 nitrogen and oxygen atoms in total. The van der Waals surface area contributed by atoms with Crippen molar-refractivity contribution in [2.75, 3.05) is 6.54 Å². The van der Waals surface area contributed by atoms with Gasteiger partial charge in [-0.25, -0.2) is 0 Å². The zero-order valence-corrected chi connectivity index (χ0v) is 10.9. The van der Waals surface area contributed by atoms with Gasteiger partial charge in [0.1, 0.15) is 5.92 Å². The number of hydrogen-bond donors (Lipinski definition) is 1. The first-order valence-electron chi connectivity index (χ1n) is 6.29. The van der Waals surface area contributed by atoms with E-state index in [1.54, 1.807) is 24.4 Å². The highest BCUT2D eigenvalue weighted by molar-refractivity contribution is 5.88. The average Bonchev–Trinajstić information content (AvgIpc) is 2.41. The summed E-state index contributed by atoms with van der Waals surface area (Å²) < 4.78 is 0. The monoisotopic (exact) mass is 259 g/mol. The Bertz CT molecular complexity index is 465. The number of amides is 1.